The Labute approximate surface area is 81.6 Å². The van der Waals surface area contributed by atoms with Gasteiger partial charge in [0.05, 0.1) is 0 Å². The predicted molar refractivity (Wildman–Crippen MR) is 48.2 cm³/mol. The van der Waals surface area contributed by atoms with Crippen LogP contribution in [0.1, 0.15) is 18.5 Å². The molecule has 14 heavy (non-hydrogen) atoms. The quantitative estimate of drug-likeness (QED) is 0.642. The van der Waals surface area contributed by atoms with Crippen molar-refractivity contribution in [3.63, 3.8) is 0 Å². The largest absolute Gasteiger partial charge is 0.456 e. The first-order valence-corrected chi connectivity index (χ1v) is 4.17. The lowest BCUT2D eigenvalue weighted by Crippen LogP contribution is -2.16. The first kappa shape index (κ1) is 8.52. The highest BCUT2D eigenvalue weighted by Gasteiger charge is 2.44. The van der Waals surface area contributed by atoms with Crippen molar-refractivity contribution in [3.8, 4) is 24.3 Å². The molecule has 0 bridgehead atoms. The molecule has 1 fully saturated rings. The Kier molecular flexibility index (Phi) is 1.83. The summed E-state index contributed by atoms with van der Waals surface area (Å²) in [5.74, 6) is 2.78. The number of hydrogen-bond acceptors (Lipinski definition) is 4. The molecule has 0 radical (unpaired) electrons. The van der Waals surface area contributed by atoms with Crippen molar-refractivity contribution in [3.05, 3.63) is 18.1 Å². The van der Waals surface area contributed by atoms with Crippen LogP contribution < -0.4 is 4.74 Å². The molecule has 0 amide bonds. The minimum absolute atomic E-state index is 0.175. The van der Waals surface area contributed by atoms with Crippen LogP contribution in [0.3, 0.4) is 0 Å². The van der Waals surface area contributed by atoms with Crippen LogP contribution in [0.2, 0.25) is 0 Å². The summed E-state index contributed by atoms with van der Waals surface area (Å²) in [6, 6.07) is 1.90. The zero-order valence-electron chi connectivity index (χ0n) is 7.40. The third kappa shape index (κ3) is 1.38. The van der Waals surface area contributed by atoms with Crippen molar-refractivity contribution in [2.24, 2.45) is 0 Å². The van der Waals surface area contributed by atoms with E-state index in [-0.39, 0.29) is 11.6 Å². The molecule has 1 saturated carbocycles. The second kappa shape index (κ2) is 3.01. The molecule has 1 aliphatic carbocycles. The first-order valence-electron chi connectivity index (χ1n) is 4.17. The van der Waals surface area contributed by atoms with Crippen molar-refractivity contribution in [2.45, 2.75) is 18.4 Å². The lowest BCUT2D eigenvalue weighted by molar-refractivity contribution is 0.228. The molecule has 0 atom stereocenters. The predicted octanol–water partition coefficient (Wildman–Crippen LogP) is 0.893. The minimum Gasteiger partial charge on any atom is -0.456 e. The van der Waals surface area contributed by atoms with Crippen LogP contribution >= 0.6 is 0 Å². The van der Waals surface area contributed by atoms with Crippen molar-refractivity contribution in [1.29, 1.82) is 5.26 Å². The van der Waals surface area contributed by atoms with Gasteiger partial charge in [-0.3, -0.25) is 0 Å². The fourth-order valence-electron chi connectivity index (χ4n) is 1.05. The van der Waals surface area contributed by atoms with Crippen molar-refractivity contribution in [1.82, 2.24) is 9.97 Å². The van der Waals surface area contributed by atoms with Gasteiger partial charge in [0.2, 0.25) is 5.69 Å². The highest BCUT2D eigenvalue weighted by molar-refractivity contribution is 5.33. The Hall–Kier alpha value is -2.07. The van der Waals surface area contributed by atoms with Crippen molar-refractivity contribution < 1.29 is 4.74 Å². The molecule has 0 N–H and O–H groups in total. The molecule has 0 unspecified atom stereocenters. The van der Waals surface area contributed by atoms with E-state index in [1.807, 2.05) is 6.07 Å². The molecule has 4 nitrogen and oxygen atoms in total. The van der Waals surface area contributed by atoms with Crippen LogP contribution in [0.15, 0.2) is 12.4 Å². The van der Waals surface area contributed by atoms with Crippen LogP contribution in [0, 0.1) is 23.7 Å². The molecule has 1 aliphatic rings. The average molecular weight is 185 g/mol. The monoisotopic (exact) mass is 185 g/mol. The van der Waals surface area contributed by atoms with Crippen LogP contribution in [-0.4, -0.2) is 15.6 Å². The first-order chi connectivity index (χ1) is 6.79. The van der Waals surface area contributed by atoms with Gasteiger partial charge in [-0.25, -0.2) is 9.97 Å². The molecule has 0 aliphatic heterocycles. The van der Waals surface area contributed by atoms with Gasteiger partial charge >= 0.3 is 0 Å². The zero-order chi connectivity index (χ0) is 10.0. The fraction of sp³-hybridized carbons (Fsp3) is 0.300. The number of nitrogens with zero attached hydrogens (tertiary/aromatic N) is 3. The highest BCUT2D eigenvalue weighted by Crippen LogP contribution is 2.39. The molecular weight excluding hydrogens is 178 g/mol. The van der Waals surface area contributed by atoms with E-state index >= 15 is 0 Å². The zero-order valence-corrected chi connectivity index (χ0v) is 7.40. The number of ether oxygens (including phenoxy) is 1. The summed E-state index contributed by atoms with van der Waals surface area (Å²) in [6.07, 6.45) is 9.84. The average Bonchev–Trinajstić information content (AvgIpc) is 2.99. The Morgan fingerprint density at radius 1 is 1.43 bits per heavy atom. The van der Waals surface area contributed by atoms with Gasteiger partial charge in [-0.15, -0.1) is 6.42 Å². The number of aromatic nitrogens is 2. The molecule has 1 aromatic rings. The van der Waals surface area contributed by atoms with Gasteiger partial charge in [0.1, 0.15) is 6.07 Å². The topological polar surface area (TPSA) is 58.8 Å². The van der Waals surface area contributed by atoms with Gasteiger partial charge in [0.15, 0.2) is 5.60 Å². The summed E-state index contributed by atoms with van der Waals surface area (Å²) in [4.78, 5) is 7.75. The van der Waals surface area contributed by atoms with E-state index in [0.29, 0.717) is 0 Å². The molecule has 0 spiro atoms. The molecular formula is C10H7N3O. The van der Waals surface area contributed by atoms with Crippen LogP contribution in [0.25, 0.3) is 0 Å². The van der Waals surface area contributed by atoms with Gasteiger partial charge in [0, 0.05) is 25.2 Å². The molecule has 0 saturated heterocycles. The molecule has 2 rings (SSSR count). The van der Waals surface area contributed by atoms with Crippen LogP contribution in [-0.2, 0) is 0 Å². The van der Waals surface area contributed by atoms with E-state index in [9.17, 15) is 0 Å². The summed E-state index contributed by atoms with van der Waals surface area (Å²) in [6.45, 7) is 0. The summed E-state index contributed by atoms with van der Waals surface area (Å²) >= 11 is 0. The smallest absolute Gasteiger partial charge is 0.252 e. The van der Waals surface area contributed by atoms with E-state index in [0.717, 1.165) is 12.8 Å². The number of terminal acetylenes is 1. The molecule has 68 valence electrons. The normalized spacial score (nSPS) is 16.4. The summed E-state index contributed by atoms with van der Waals surface area (Å²) in [5.41, 5.74) is -0.365. The van der Waals surface area contributed by atoms with E-state index in [1.165, 1.54) is 12.4 Å². The standard InChI is InChI=1S/C10H7N3O/c1-2-10(3-4-10)14-9-8(7-11)12-5-6-13-9/h1,5-6H,3-4H2. The number of nitriles is 1. The van der Waals surface area contributed by atoms with Gasteiger partial charge in [0.25, 0.3) is 5.88 Å². The van der Waals surface area contributed by atoms with E-state index in [4.69, 9.17) is 16.4 Å². The maximum atomic E-state index is 8.72. The number of rotatable bonds is 2. The second-order valence-corrected chi connectivity index (χ2v) is 3.06. The van der Waals surface area contributed by atoms with Crippen molar-refractivity contribution >= 4 is 0 Å². The molecule has 1 aromatic heterocycles. The van der Waals surface area contributed by atoms with Crippen LogP contribution in [0.5, 0.6) is 5.88 Å². The van der Waals surface area contributed by atoms with E-state index < -0.39 is 5.60 Å². The highest BCUT2D eigenvalue weighted by atomic mass is 16.5. The maximum absolute atomic E-state index is 8.72. The molecule has 0 aromatic carbocycles. The summed E-state index contributed by atoms with van der Waals surface area (Å²) < 4.78 is 5.45. The van der Waals surface area contributed by atoms with E-state index in [1.54, 1.807) is 0 Å². The third-order valence-corrected chi connectivity index (χ3v) is 2.03. The van der Waals surface area contributed by atoms with Crippen LogP contribution in [0.4, 0.5) is 0 Å². The second-order valence-electron chi connectivity index (χ2n) is 3.06. The Morgan fingerprint density at radius 3 is 2.71 bits per heavy atom. The fourth-order valence-corrected chi connectivity index (χ4v) is 1.05. The number of hydrogen-bond donors (Lipinski definition) is 0. The third-order valence-electron chi connectivity index (χ3n) is 2.03. The van der Waals surface area contributed by atoms with Gasteiger partial charge in [-0.05, 0) is 0 Å². The summed E-state index contributed by atoms with van der Waals surface area (Å²) in [5, 5.41) is 8.72. The minimum atomic E-state index is -0.540. The lowest BCUT2D eigenvalue weighted by atomic mass is 10.3. The van der Waals surface area contributed by atoms with Gasteiger partial charge in [-0.1, -0.05) is 5.92 Å². The Morgan fingerprint density at radius 2 is 2.14 bits per heavy atom. The summed E-state index contributed by atoms with van der Waals surface area (Å²) in [7, 11) is 0. The SMILES string of the molecule is C#CC1(Oc2nccnc2C#N)CC1. The molecule has 1 heterocycles. The maximum Gasteiger partial charge on any atom is 0.252 e. The van der Waals surface area contributed by atoms with Gasteiger partial charge < -0.3 is 4.74 Å². The van der Waals surface area contributed by atoms with E-state index in [2.05, 4.69) is 15.9 Å². The lowest BCUT2D eigenvalue weighted by Gasteiger charge is -2.10. The van der Waals surface area contributed by atoms with Gasteiger partial charge in [-0.2, -0.15) is 5.26 Å². The Bertz CT molecular complexity index is 437. The molecule has 4 heteroatoms. The van der Waals surface area contributed by atoms with Crippen molar-refractivity contribution in [2.75, 3.05) is 0 Å². The Balaban J connectivity index is 2.26.